The van der Waals surface area contributed by atoms with Crippen molar-refractivity contribution in [3.8, 4) is 0 Å². The van der Waals surface area contributed by atoms with Crippen LogP contribution >= 0.6 is 15.9 Å². The highest BCUT2D eigenvalue weighted by molar-refractivity contribution is 9.10. The van der Waals surface area contributed by atoms with Crippen LogP contribution in [0.3, 0.4) is 0 Å². The Kier molecular flexibility index (Phi) is 3.55. The number of hydrogen-bond acceptors (Lipinski definition) is 1. The van der Waals surface area contributed by atoms with Crippen molar-refractivity contribution in [2.75, 3.05) is 0 Å². The van der Waals surface area contributed by atoms with E-state index in [2.05, 4.69) is 15.9 Å². The van der Waals surface area contributed by atoms with Crippen molar-refractivity contribution in [3.63, 3.8) is 0 Å². The molecule has 0 amide bonds. The van der Waals surface area contributed by atoms with Gasteiger partial charge in [-0.1, -0.05) is 58.4 Å². The van der Waals surface area contributed by atoms with Crippen LogP contribution in [0.4, 0.5) is 4.39 Å². The van der Waals surface area contributed by atoms with E-state index in [1.807, 2.05) is 42.5 Å². The Labute approximate surface area is 124 Å². The minimum atomic E-state index is -0.991. The fraction of sp³-hybridized carbons (Fsp3) is 0.0588. The molecule has 3 aromatic rings. The van der Waals surface area contributed by atoms with Gasteiger partial charge in [-0.25, -0.2) is 4.39 Å². The molecule has 0 saturated carbocycles. The lowest BCUT2D eigenvalue weighted by Crippen LogP contribution is -2.03. The molecule has 0 fully saturated rings. The van der Waals surface area contributed by atoms with Crippen molar-refractivity contribution in [1.29, 1.82) is 0 Å². The van der Waals surface area contributed by atoms with E-state index in [-0.39, 0.29) is 5.56 Å². The van der Waals surface area contributed by atoms with Gasteiger partial charge in [0.2, 0.25) is 0 Å². The van der Waals surface area contributed by atoms with E-state index in [0.29, 0.717) is 10.0 Å². The average molecular weight is 331 g/mol. The summed E-state index contributed by atoms with van der Waals surface area (Å²) in [6.45, 7) is 0. The first-order valence-electron chi connectivity index (χ1n) is 6.27. The Morgan fingerprint density at radius 1 is 0.900 bits per heavy atom. The van der Waals surface area contributed by atoms with Gasteiger partial charge in [-0.15, -0.1) is 0 Å². The average Bonchev–Trinajstić information content (AvgIpc) is 2.46. The van der Waals surface area contributed by atoms with Crippen molar-refractivity contribution in [2.45, 2.75) is 6.10 Å². The summed E-state index contributed by atoms with van der Waals surface area (Å²) in [6.07, 6.45) is -0.991. The number of hydrogen-bond donors (Lipinski definition) is 1. The molecule has 0 bridgehead atoms. The Morgan fingerprint density at radius 2 is 1.65 bits per heavy atom. The van der Waals surface area contributed by atoms with E-state index < -0.39 is 11.9 Å². The second-order valence-corrected chi connectivity index (χ2v) is 5.50. The molecule has 0 aliphatic heterocycles. The lowest BCUT2D eigenvalue weighted by atomic mass is 9.98. The second kappa shape index (κ2) is 5.35. The molecule has 0 spiro atoms. The number of benzene rings is 3. The summed E-state index contributed by atoms with van der Waals surface area (Å²) in [4.78, 5) is 0. The topological polar surface area (TPSA) is 20.2 Å². The molecule has 1 N–H and O–H groups in total. The number of aliphatic hydroxyl groups excluding tert-OH is 1. The van der Waals surface area contributed by atoms with Crippen molar-refractivity contribution < 1.29 is 9.50 Å². The largest absolute Gasteiger partial charge is 0.384 e. The van der Waals surface area contributed by atoms with Gasteiger partial charge in [-0.2, -0.15) is 0 Å². The maximum atomic E-state index is 13.9. The van der Waals surface area contributed by atoms with Crippen LogP contribution in [0.2, 0.25) is 0 Å². The molecule has 0 aliphatic rings. The fourth-order valence-corrected chi connectivity index (χ4v) is 2.88. The number of aliphatic hydroxyl groups is 1. The number of fused-ring (bicyclic) bond motifs is 1. The fourth-order valence-electron chi connectivity index (χ4n) is 2.32. The first-order chi connectivity index (χ1) is 9.66. The van der Waals surface area contributed by atoms with Gasteiger partial charge in [0.05, 0.1) is 0 Å². The van der Waals surface area contributed by atoms with E-state index in [1.54, 1.807) is 12.1 Å². The summed E-state index contributed by atoms with van der Waals surface area (Å²) in [6, 6.07) is 18.2. The molecule has 0 aromatic heterocycles. The van der Waals surface area contributed by atoms with Crippen LogP contribution in [0.1, 0.15) is 17.2 Å². The van der Waals surface area contributed by atoms with E-state index >= 15 is 0 Å². The summed E-state index contributed by atoms with van der Waals surface area (Å²) in [5.74, 6) is -0.417. The molecule has 3 rings (SSSR count). The van der Waals surface area contributed by atoms with Gasteiger partial charge < -0.3 is 5.11 Å². The van der Waals surface area contributed by atoms with Crippen LogP contribution in [0.25, 0.3) is 10.8 Å². The first-order valence-corrected chi connectivity index (χ1v) is 7.07. The molecule has 100 valence electrons. The van der Waals surface area contributed by atoms with E-state index in [1.165, 1.54) is 6.07 Å². The highest BCUT2D eigenvalue weighted by Crippen LogP contribution is 2.32. The Morgan fingerprint density at radius 3 is 2.40 bits per heavy atom. The molecule has 0 saturated heterocycles. The van der Waals surface area contributed by atoms with Gasteiger partial charge >= 0.3 is 0 Å². The third-order valence-electron chi connectivity index (χ3n) is 3.36. The maximum absolute atomic E-state index is 13.9. The van der Waals surface area contributed by atoms with Crippen LogP contribution in [0.5, 0.6) is 0 Å². The molecule has 20 heavy (non-hydrogen) atoms. The molecule has 1 unspecified atom stereocenters. The van der Waals surface area contributed by atoms with Gasteiger partial charge in [-0.05, 0) is 34.5 Å². The van der Waals surface area contributed by atoms with Crippen molar-refractivity contribution >= 4 is 26.7 Å². The predicted molar refractivity (Wildman–Crippen MR) is 82.1 cm³/mol. The lowest BCUT2D eigenvalue weighted by Gasteiger charge is -2.15. The summed E-state index contributed by atoms with van der Waals surface area (Å²) < 4.78 is 14.5. The van der Waals surface area contributed by atoms with Crippen LogP contribution < -0.4 is 0 Å². The SMILES string of the molecule is OC(c1ccc2ccccc2c1)c1c(F)cccc1Br. The Hall–Kier alpha value is -1.71. The molecular formula is C17H12BrFO. The van der Waals surface area contributed by atoms with Crippen molar-refractivity contribution in [3.05, 3.63) is 82.1 Å². The smallest absolute Gasteiger partial charge is 0.130 e. The lowest BCUT2D eigenvalue weighted by molar-refractivity contribution is 0.214. The summed E-state index contributed by atoms with van der Waals surface area (Å²) >= 11 is 3.29. The minimum absolute atomic E-state index is 0.266. The normalized spacial score (nSPS) is 12.6. The van der Waals surface area contributed by atoms with Crippen LogP contribution in [0.15, 0.2) is 65.1 Å². The van der Waals surface area contributed by atoms with Crippen LogP contribution in [0, 0.1) is 5.82 Å². The predicted octanol–water partition coefficient (Wildman–Crippen LogP) is 4.82. The third-order valence-corrected chi connectivity index (χ3v) is 4.05. The zero-order valence-electron chi connectivity index (χ0n) is 10.6. The van der Waals surface area contributed by atoms with Gasteiger partial charge in [-0.3, -0.25) is 0 Å². The molecule has 3 aromatic carbocycles. The van der Waals surface area contributed by atoms with E-state index in [0.717, 1.165) is 10.8 Å². The zero-order valence-corrected chi connectivity index (χ0v) is 12.1. The molecule has 0 aliphatic carbocycles. The van der Waals surface area contributed by atoms with Crippen molar-refractivity contribution in [2.24, 2.45) is 0 Å². The molecule has 0 radical (unpaired) electrons. The minimum Gasteiger partial charge on any atom is -0.384 e. The van der Waals surface area contributed by atoms with Crippen LogP contribution in [-0.2, 0) is 0 Å². The van der Waals surface area contributed by atoms with Gasteiger partial charge in [0, 0.05) is 10.0 Å². The summed E-state index contributed by atoms with van der Waals surface area (Å²) in [5, 5.41) is 12.6. The number of halogens is 2. The number of rotatable bonds is 2. The third kappa shape index (κ3) is 2.35. The van der Waals surface area contributed by atoms with Crippen molar-refractivity contribution in [1.82, 2.24) is 0 Å². The second-order valence-electron chi connectivity index (χ2n) is 4.64. The molecule has 0 heterocycles. The van der Waals surface area contributed by atoms with Gasteiger partial charge in [0.1, 0.15) is 11.9 Å². The molecule has 1 atom stereocenters. The quantitative estimate of drug-likeness (QED) is 0.714. The zero-order chi connectivity index (χ0) is 14.1. The van der Waals surface area contributed by atoms with Gasteiger partial charge in [0.25, 0.3) is 0 Å². The van der Waals surface area contributed by atoms with E-state index in [4.69, 9.17) is 0 Å². The Bertz CT molecular complexity index is 750. The summed E-state index contributed by atoms with van der Waals surface area (Å²) in [5.41, 5.74) is 0.942. The molecule has 3 heteroatoms. The van der Waals surface area contributed by atoms with Gasteiger partial charge in [0.15, 0.2) is 0 Å². The molecular weight excluding hydrogens is 319 g/mol. The highest BCUT2D eigenvalue weighted by atomic mass is 79.9. The Balaban J connectivity index is 2.10. The standard InChI is InChI=1S/C17H12BrFO/c18-14-6-3-7-15(19)16(14)17(20)13-9-8-11-4-1-2-5-12(11)10-13/h1-10,17,20H. The maximum Gasteiger partial charge on any atom is 0.130 e. The highest BCUT2D eigenvalue weighted by Gasteiger charge is 2.18. The summed E-state index contributed by atoms with van der Waals surface area (Å²) in [7, 11) is 0. The monoisotopic (exact) mass is 330 g/mol. The van der Waals surface area contributed by atoms with Crippen LogP contribution in [-0.4, -0.2) is 5.11 Å². The van der Waals surface area contributed by atoms with E-state index in [9.17, 15) is 9.50 Å². The molecule has 1 nitrogen and oxygen atoms in total. The first kappa shape index (κ1) is 13.3.